The quantitative estimate of drug-likeness (QED) is 0.927. The smallest absolute Gasteiger partial charge is 0.267 e. The first-order valence-corrected chi connectivity index (χ1v) is 8.25. The largest absolute Gasteiger partial charge is 0.313 e. The van der Waals surface area contributed by atoms with Crippen molar-refractivity contribution in [2.75, 3.05) is 17.9 Å². The molecule has 0 saturated carbocycles. The van der Waals surface area contributed by atoms with Crippen LogP contribution in [0.3, 0.4) is 0 Å². The van der Waals surface area contributed by atoms with E-state index in [4.69, 9.17) is 0 Å². The molecule has 2 aromatic rings. The molecule has 0 spiro atoms. The van der Waals surface area contributed by atoms with Crippen LogP contribution in [-0.4, -0.2) is 31.8 Å². The Kier molecular flexibility index (Phi) is 3.46. The summed E-state index contributed by atoms with van der Waals surface area (Å²) in [7, 11) is 0.0401. The lowest BCUT2D eigenvalue weighted by molar-refractivity contribution is 0.528. The molecule has 3 rings (SSSR count). The first-order chi connectivity index (χ1) is 10.0. The van der Waals surface area contributed by atoms with Gasteiger partial charge in [0, 0.05) is 25.8 Å². The highest BCUT2D eigenvalue weighted by molar-refractivity contribution is 7.92. The molecule has 1 aliphatic rings. The molecule has 2 heterocycles. The molecule has 1 N–H and O–H groups in total. The monoisotopic (exact) mass is 306 g/mol. The number of fused-ring (bicyclic) bond motifs is 1. The topological polar surface area (TPSA) is 67.2 Å². The van der Waals surface area contributed by atoms with Gasteiger partial charge in [0.25, 0.3) is 10.0 Å². The van der Waals surface area contributed by atoms with Crippen LogP contribution < -0.4 is 9.62 Å². The fourth-order valence-electron chi connectivity index (χ4n) is 2.74. The fourth-order valence-corrected chi connectivity index (χ4v) is 4.23. The zero-order valence-corrected chi connectivity index (χ0v) is 12.8. The molecule has 0 radical (unpaired) electrons. The third-order valence-electron chi connectivity index (χ3n) is 3.82. The highest BCUT2D eigenvalue weighted by atomic mass is 32.2. The maximum Gasteiger partial charge on any atom is 0.267 e. The summed E-state index contributed by atoms with van der Waals surface area (Å²) in [5.74, 6) is 0. The Balaban J connectivity index is 2.08. The molecule has 0 saturated heterocycles. The van der Waals surface area contributed by atoms with Gasteiger partial charge in [-0.05, 0) is 25.1 Å². The Bertz CT molecular complexity index is 754. The first-order valence-electron chi connectivity index (χ1n) is 6.81. The maximum absolute atomic E-state index is 12.8. The summed E-state index contributed by atoms with van der Waals surface area (Å²) < 4.78 is 28.6. The van der Waals surface area contributed by atoms with Crippen molar-refractivity contribution in [3.63, 3.8) is 0 Å². The highest BCUT2D eigenvalue weighted by Crippen LogP contribution is 2.36. The molecule has 112 valence electrons. The average molecular weight is 306 g/mol. The molecule has 21 heavy (non-hydrogen) atoms. The van der Waals surface area contributed by atoms with Gasteiger partial charge in [-0.1, -0.05) is 18.2 Å². The lowest BCUT2D eigenvalue weighted by Gasteiger charge is -2.34. The summed E-state index contributed by atoms with van der Waals surface area (Å²) in [5.41, 5.74) is 1.76. The van der Waals surface area contributed by atoms with Crippen molar-refractivity contribution in [2.24, 2.45) is 7.05 Å². The van der Waals surface area contributed by atoms with Crippen LogP contribution in [0.5, 0.6) is 0 Å². The molecular weight excluding hydrogens is 288 g/mol. The molecule has 7 heteroatoms. The molecule has 0 amide bonds. The second-order valence-corrected chi connectivity index (χ2v) is 6.98. The molecule has 1 aromatic carbocycles. The summed E-state index contributed by atoms with van der Waals surface area (Å²) >= 11 is 0. The van der Waals surface area contributed by atoms with E-state index in [-0.39, 0.29) is 10.9 Å². The van der Waals surface area contributed by atoms with Crippen LogP contribution in [0.2, 0.25) is 0 Å². The Morgan fingerprint density at radius 1 is 1.33 bits per heavy atom. The molecule has 1 unspecified atom stereocenters. The summed E-state index contributed by atoms with van der Waals surface area (Å²) in [6.45, 7) is 0.458. The highest BCUT2D eigenvalue weighted by Gasteiger charge is 2.32. The van der Waals surface area contributed by atoms with Gasteiger partial charge in [0.1, 0.15) is 4.90 Å². The summed E-state index contributed by atoms with van der Waals surface area (Å²) in [4.78, 5) is 0.225. The van der Waals surface area contributed by atoms with E-state index in [2.05, 4.69) is 10.4 Å². The zero-order valence-electron chi connectivity index (χ0n) is 12.0. The molecule has 6 nitrogen and oxygen atoms in total. The van der Waals surface area contributed by atoms with E-state index in [0.29, 0.717) is 6.54 Å². The second kappa shape index (κ2) is 5.16. The molecule has 0 fully saturated rings. The van der Waals surface area contributed by atoms with E-state index < -0.39 is 10.0 Å². The molecular formula is C14H18N4O2S. The van der Waals surface area contributed by atoms with E-state index in [1.807, 2.05) is 31.3 Å². The van der Waals surface area contributed by atoms with Crippen LogP contribution in [0.15, 0.2) is 41.6 Å². The molecule has 1 aliphatic heterocycles. The van der Waals surface area contributed by atoms with E-state index in [1.54, 1.807) is 7.05 Å². The van der Waals surface area contributed by atoms with Gasteiger partial charge in [-0.3, -0.25) is 8.99 Å². The second-order valence-electron chi connectivity index (χ2n) is 5.12. The van der Waals surface area contributed by atoms with Gasteiger partial charge in [0.2, 0.25) is 0 Å². The SMILES string of the molecule is CNC1CCN(S(=O)(=O)c2cnn(C)c2)c2ccccc21. The van der Waals surface area contributed by atoms with E-state index >= 15 is 0 Å². The Morgan fingerprint density at radius 2 is 2.10 bits per heavy atom. The fraction of sp³-hybridized carbons (Fsp3) is 0.357. The zero-order chi connectivity index (χ0) is 15.0. The van der Waals surface area contributed by atoms with Gasteiger partial charge < -0.3 is 5.32 Å². The molecule has 0 bridgehead atoms. The number of benzene rings is 1. The predicted octanol–water partition coefficient (Wildman–Crippen LogP) is 1.28. The van der Waals surface area contributed by atoms with E-state index in [0.717, 1.165) is 17.7 Å². The number of rotatable bonds is 3. The van der Waals surface area contributed by atoms with Crippen molar-refractivity contribution in [3.8, 4) is 0 Å². The number of para-hydroxylation sites is 1. The van der Waals surface area contributed by atoms with Crippen molar-refractivity contribution in [3.05, 3.63) is 42.2 Å². The average Bonchev–Trinajstić information content (AvgIpc) is 2.93. The van der Waals surface area contributed by atoms with Crippen LogP contribution in [0, 0.1) is 0 Å². The number of sulfonamides is 1. The minimum atomic E-state index is -3.56. The summed E-state index contributed by atoms with van der Waals surface area (Å²) in [6, 6.07) is 7.81. The van der Waals surface area contributed by atoms with Crippen LogP contribution in [-0.2, 0) is 17.1 Å². The first kappa shape index (κ1) is 14.1. The van der Waals surface area contributed by atoms with Crippen molar-refractivity contribution >= 4 is 15.7 Å². The number of hydrogen-bond acceptors (Lipinski definition) is 4. The van der Waals surface area contributed by atoms with Crippen molar-refractivity contribution in [2.45, 2.75) is 17.4 Å². The number of aryl methyl sites for hydroxylation is 1. The van der Waals surface area contributed by atoms with Gasteiger partial charge >= 0.3 is 0 Å². The Hall–Kier alpha value is -1.86. The minimum absolute atomic E-state index is 0.182. The van der Waals surface area contributed by atoms with Gasteiger partial charge in [0.15, 0.2) is 0 Å². The third kappa shape index (κ3) is 2.32. The van der Waals surface area contributed by atoms with Crippen LogP contribution >= 0.6 is 0 Å². The Morgan fingerprint density at radius 3 is 2.76 bits per heavy atom. The van der Waals surface area contributed by atoms with Gasteiger partial charge in [-0.2, -0.15) is 5.10 Å². The Labute approximate surface area is 124 Å². The number of nitrogens with zero attached hydrogens (tertiary/aromatic N) is 3. The number of anilines is 1. The standard InChI is InChI=1S/C14H18N4O2S/c1-15-13-7-8-18(14-6-4-3-5-12(13)14)21(19,20)11-9-16-17(2)10-11/h3-6,9-10,13,15H,7-8H2,1-2H3. The van der Waals surface area contributed by atoms with Crippen LogP contribution in [0.25, 0.3) is 0 Å². The van der Waals surface area contributed by atoms with Crippen molar-refractivity contribution in [1.82, 2.24) is 15.1 Å². The molecule has 0 aliphatic carbocycles. The van der Waals surface area contributed by atoms with Crippen LogP contribution in [0.1, 0.15) is 18.0 Å². The molecule has 1 aromatic heterocycles. The minimum Gasteiger partial charge on any atom is -0.313 e. The van der Waals surface area contributed by atoms with E-state index in [1.165, 1.54) is 21.4 Å². The number of hydrogen-bond donors (Lipinski definition) is 1. The third-order valence-corrected chi connectivity index (χ3v) is 5.59. The normalized spacial score (nSPS) is 18.6. The summed E-state index contributed by atoms with van der Waals surface area (Å²) in [5, 5.41) is 7.20. The molecule has 1 atom stereocenters. The van der Waals surface area contributed by atoms with Gasteiger partial charge in [-0.15, -0.1) is 0 Å². The van der Waals surface area contributed by atoms with Gasteiger partial charge in [-0.25, -0.2) is 8.42 Å². The van der Waals surface area contributed by atoms with Crippen molar-refractivity contribution < 1.29 is 8.42 Å². The van der Waals surface area contributed by atoms with Crippen molar-refractivity contribution in [1.29, 1.82) is 0 Å². The predicted molar refractivity (Wildman–Crippen MR) is 80.6 cm³/mol. The lowest BCUT2D eigenvalue weighted by atomic mass is 9.98. The number of aromatic nitrogens is 2. The lowest BCUT2D eigenvalue weighted by Crippen LogP contribution is -2.38. The number of nitrogens with one attached hydrogen (secondary N) is 1. The van der Waals surface area contributed by atoms with E-state index in [9.17, 15) is 8.42 Å². The van der Waals surface area contributed by atoms with Gasteiger partial charge in [0.05, 0.1) is 11.9 Å². The maximum atomic E-state index is 12.8. The summed E-state index contributed by atoms with van der Waals surface area (Å²) in [6.07, 6.45) is 3.66. The van der Waals surface area contributed by atoms with Crippen LogP contribution in [0.4, 0.5) is 5.69 Å².